The van der Waals surface area contributed by atoms with Crippen LogP contribution >= 0.6 is 47.8 Å². The quantitative estimate of drug-likeness (QED) is 0.622. The van der Waals surface area contributed by atoms with Gasteiger partial charge in [-0.15, -0.1) is 0 Å². The van der Waals surface area contributed by atoms with Crippen LogP contribution in [0.4, 0.5) is 0 Å². The van der Waals surface area contributed by atoms with Gasteiger partial charge in [0.1, 0.15) is 0 Å². The minimum atomic E-state index is 0.297. The summed E-state index contributed by atoms with van der Waals surface area (Å²) in [4.78, 5) is 0. The van der Waals surface area contributed by atoms with Crippen molar-refractivity contribution in [1.82, 2.24) is 5.32 Å². The van der Waals surface area contributed by atoms with E-state index in [2.05, 4.69) is 102 Å². The first-order chi connectivity index (χ1) is 9.06. The van der Waals surface area contributed by atoms with Crippen LogP contribution in [0, 0.1) is 0 Å². The van der Waals surface area contributed by atoms with E-state index in [0.29, 0.717) is 6.04 Å². The van der Waals surface area contributed by atoms with E-state index < -0.39 is 0 Å². The molecule has 2 aromatic carbocycles. The molecule has 0 saturated heterocycles. The molecule has 0 aromatic heterocycles. The Labute approximate surface area is 139 Å². The molecule has 0 aliphatic carbocycles. The van der Waals surface area contributed by atoms with Gasteiger partial charge >= 0.3 is 0 Å². The maximum atomic E-state index is 3.61. The average Bonchev–Trinajstić information content (AvgIpc) is 2.37. The molecule has 1 N–H and O–H groups in total. The second kappa shape index (κ2) is 7.02. The smallest absolute Gasteiger partial charge is 0.0306 e. The molecule has 0 heterocycles. The molecule has 0 aliphatic heterocycles. The van der Waals surface area contributed by atoms with Crippen LogP contribution in [0.3, 0.4) is 0 Å². The van der Waals surface area contributed by atoms with Gasteiger partial charge in [0.05, 0.1) is 0 Å². The summed E-state index contributed by atoms with van der Waals surface area (Å²) in [6.07, 6.45) is 0. The third-order valence-electron chi connectivity index (χ3n) is 2.95. The van der Waals surface area contributed by atoms with Crippen LogP contribution in [0.2, 0.25) is 0 Å². The second-order valence-electron chi connectivity index (χ2n) is 4.39. The van der Waals surface area contributed by atoms with Crippen molar-refractivity contribution < 1.29 is 0 Å². The Morgan fingerprint density at radius 3 is 2.21 bits per heavy atom. The van der Waals surface area contributed by atoms with Crippen molar-refractivity contribution in [1.29, 1.82) is 0 Å². The molecule has 0 aliphatic rings. The fourth-order valence-electron chi connectivity index (χ4n) is 1.84. The molecule has 1 atom stereocenters. The van der Waals surface area contributed by atoms with Crippen LogP contribution in [0.25, 0.3) is 0 Å². The van der Waals surface area contributed by atoms with Gasteiger partial charge in [-0.1, -0.05) is 66.0 Å². The highest BCUT2D eigenvalue weighted by molar-refractivity contribution is 9.11. The summed E-state index contributed by atoms with van der Waals surface area (Å²) in [6.45, 7) is 3.03. The van der Waals surface area contributed by atoms with Crippen LogP contribution in [0.5, 0.6) is 0 Å². The normalized spacial score (nSPS) is 12.4. The molecule has 19 heavy (non-hydrogen) atoms. The maximum absolute atomic E-state index is 3.61. The number of halogens is 3. The third kappa shape index (κ3) is 4.42. The zero-order valence-corrected chi connectivity index (χ0v) is 15.2. The first-order valence-electron chi connectivity index (χ1n) is 5.99. The molecule has 0 saturated carbocycles. The predicted octanol–water partition coefficient (Wildman–Crippen LogP) is 5.82. The van der Waals surface area contributed by atoms with E-state index in [1.165, 1.54) is 11.1 Å². The molecule has 1 nitrogen and oxygen atoms in total. The molecule has 0 fully saturated rings. The summed E-state index contributed by atoms with van der Waals surface area (Å²) in [5.41, 5.74) is 2.54. The SMILES string of the molecule is CC(NCc1ccc(Br)cc1)c1ccc(Br)cc1Br. The van der Waals surface area contributed by atoms with E-state index in [1.54, 1.807) is 0 Å². The lowest BCUT2D eigenvalue weighted by Crippen LogP contribution is -2.18. The molecule has 2 rings (SSSR count). The maximum Gasteiger partial charge on any atom is 0.0306 e. The second-order valence-corrected chi connectivity index (χ2v) is 7.08. The van der Waals surface area contributed by atoms with Crippen molar-refractivity contribution >= 4 is 47.8 Å². The first-order valence-corrected chi connectivity index (χ1v) is 8.37. The molecule has 0 radical (unpaired) electrons. The minimum Gasteiger partial charge on any atom is -0.306 e. The van der Waals surface area contributed by atoms with Gasteiger partial charge in [0.25, 0.3) is 0 Å². The first kappa shape index (κ1) is 15.2. The fourth-order valence-corrected chi connectivity index (χ4v) is 3.49. The van der Waals surface area contributed by atoms with Crippen molar-refractivity contribution in [3.8, 4) is 0 Å². The molecule has 4 heteroatoms. The van der Waals surface area contributed by atoms with E-state index in [0.717, 1.165) is 20.0 Å². The zero-order chi connectivity index (χ0) is 13.8. The van der Waals surface area contributed by atoms with E-state index in [4.69, 9.17) is 0 Å². The standard InChI is InChI=1S/C15H14Br3N/c1-10(14-7-6-13(17)8-15(14)18)19-9-11-2-4-12(16)5-3-11/h2-8,10,19H,9H2,1H3. The zero-order valence-electron chi connectivity index (χ0n) is 10.5. The predicted molar refractivity (Wildman–Crippen MR) is 91.2 cm³/mol. The van der Waals surface area contributed by atoms with Crippen molar-refractivity contribution in [3.05, 3.63) is 67.0 Å². The van der Waals surface area contributed by atoms with Gasteiger partial charge in [-0.3, -0.25) is 0 Å². The van der Waals surface area contributed by atoms with E-state index in [1.807, 2.05) is 0 Å². The van der Waals surface area contributed by atoms with Gasteiger partial charge in [-0.05, 0) is 42.3 Å². The van der Waals surface area contributed by atoms with Crippen molar-refractivity contribution in [2.45, 2.75) is 19.5 Å². The van der Waals surface area contributed by atoms with Crippen LogP contribution in [-0.2, 0) is 6.54 Å². The minimum absolute atomic E-state index is 0.297. The van der Waals surface area contributed by atoms with E-state index >= 15 is 0 Å². The van der Waals surface area contributed by atoms with Crippen LogP contribution in [0.15, 0.2) is 55.9 Å². The lowest BCUT2D eigenvalue weighted by molar-refractivity contribution is 0.573. The summed E-state index contributed by atoms with van der Waals surface area (Å²) in [5, 5.41) is 3.53. The van der Waals surface area contributed by atoms with Gasteiger partial charge in [0.2, 0.25) is 0 Å². The number of hydrogen-bond donors (Lipinski definition) is 1. The summed E-state index contributed by atoms with van der Waals surface area (Å²) in [7, 11) is 0. The van der Waals surface area contributed by atoms with Gasteiger partial charge in [-0.2, -0.15) is 0 Å². The Balaban J connectivity index is 2.01. The molecular formula is C15H14Br3N. The molecule has 0 bridgehead atoms. The van der Waals surface area contributed by atoms with Gasteiger partial charge in [0.15, 0.2) is 0 Å². The monoisotopic (exact) mass is 445 g/mol. The van der Waals surface area contributed by atoms with E-state index in [9.17, 15) is 0 Å². The van der Waals surface area contributed by atoms with Gasteiger partial charge < -0.3 is 5.32 Å². The summed E-state index contributed by atoms with van der Waals surface area (Å²) in [5.74, 6) is 0. The molecular weight excluding hydrogens is 434 g/mol. The van der Waals surface area contributed by atoms with Crippen molar-refractivity contribution in [3.63, 3.8) is 0 Å². The van der Waals surface area contributed by atoms with Crippen LogP contribution < -0.4 is 5.32 Å². The molecule has 0 spiro atoms. The highest BCUT2D eigenvalue weighted by Crippen LogP contribution is 2.27. The summed E-state index contributed by atoms with van der Waals surface area (Å²) < 4.78 is 3.32. The molecule has 2 aromatic rings. The highest BCUT2D eigenvalue weighted by atomic mass is 79.9. The summed E-state index contributed by atoms with van der Waals surface area (Å²) in [6, 6.07) is 15.0. The Hall–Kier alpha value is -0.160. The average molecular weight is 448 g/mol. The van der Waals surface area contributed by atoms with Crippen LogP contribution in [0.1, 0.15) is 24.1 Å². The number of rotatable bonds is 4. The fraction of sp³-hybridized carbons (Fsp3) is 0.200. The Morgan fingerprint density at radius 1 is 0.947 bits per heavy atom. The lowest BCUT2D eigenvalue weighted by atomic mass is 10.1. The van der Waals surface area contributed by atoms with Crippen molar-refractivity contribution in [2.75, 3.05) is 0 Å². The third-order valence-corrected chi connectivity index (χ3v) is 4.66. The molecule has 1 unspecified atom stereocenters. The van der Waals surface area contributed by atoms with Gasteiger partial charge in [-0.25, -0.2) is 0 Å². The highest BCUT2D eigenvalue weighted by Gasteiger charge is 2.09. The Bertz CT molecular complexity index is 552. The van der Waals surface area contributed by atoms with Gasteiger partial charge in [0, 0.05) is 26.0 Å². The lowest BCUT2D eigenvalue weighted by Gasteiger charge is -2.16. The number of benzene rings is 2. The number of hydrogen-bond acceptors (Lipinski definition) is 1. The van der Waals surface area contributed by atoms with E-state index in [-0.39, 0.29) is 0 Å². The van der Waals surface area contributed by atoms with Crippen LogP contribution in [-0.4, -0.2) is 0 Å². The topological polar surface area (TPSA) is 12.0 Å². The molecule has 100 valence electrons. The molecule has 0 amide bonds. The largest absolute Gasteiger partial charge is 0.306 e. The van der Waals surface area contributed by atoms with Crippen molar-refractivity contribution in [2.24, 2.45) is 0 Å². The summed E-state index contributed by atoms with van der Waals surface area (Å²) >= 11 is 10.5. The number of nitrogens with one attached hydrogen (secondary N) is 1. The Kier molecular flexibility index (Phi) is 5.63. The Morgan fingerprint density at radius 2 is 1.58 bits per heavy atom.